The topological polar surface area (TPSA) is 76.2 Å². The molecule has 0 radical (unpaired) electrons. The van der Waals surface area contributed by atoms with Crippen LogP contribution in [0.4, 0.5) is 0 Å². The molecule has 1 saturated carbocycles. The highest BCUT2D eigenvalue weighted by Crippen LogP contribution is 2.36. The van der Waals surface area contributed by atoms with E-state index in [1.165, 1.54) is 25.7 Å². The van der Waals surface area contributed by atoms with Crippen molar-refractivity contribution in [2.24, 2.45) is 5.92 Å². The number of nitrogens with zero attached hydrogens (tertiary/aromatic N) is 2. The lowest BCUT2D eigenvalue weighted by Gasteiger charge is -2.21. The van der Waals surface area contributed by atoms with Crippen LogP contribution in [0.25, 0.3) is 0 Å². The van der Waals surface area contributed by atoms with Crippen LogP contribution >= 0.6 is 0 Å². The lowest BCUT2D eigenvalue weighted by Crippen LogP contribution is -2.23. The summed E-state index contributed by atoms with van der Waals surface area (Å²) in [6.45, 7) is 0. The molecule has 1 aromatic heterocycles. The van der Waals surface area contributed by atoms with Crippen molar-refractivity contribution in [3.63, 3.8) is 0 Å². The Hall–Kier alpha value is -1.65. The van der Waals surface area contributed by atoms with Crippen LogP contribution in [-0.2, 0) is 4.79 Å². The molecule has 1 heterocycles. The van der Waals surface area contributed by atoms with Gasteiger partial charge in [-0.15, -0.1) is 0 Å². The molecule has 21 heavy (non-hydrogen) atoms. The van der Waals surface area contributed by atoms with E-state index in [1.54, 1.807) is 0 Å². The summed E-state index contributed by atoms with van der Waals surface area (Å²) in [5, 5.41) is 13.5. The van der Waals surface area contributed by atoms with Crippen LogP contribution in [0.15, 0.2) is 16.7 Å². The Balaban J connectivity index is 1.77. The molecule has 0 spiro atoms. The van der Waals surface area contributed by atoms with Crippen molar-refractivity contribution in [1.29, 1.82) is 0 Å². The second kappa shape index (κ2) is 6.41. The summed E-state index contributed by atoms with van der Waals surface area (Å²) < 4.78 is 5.42. The minimum atomic E-state index is -0.779. The third-order valence-electron chi connectivity index (χ3n) is 4.74. The van der Waals surface area contributed by atoms with E-state index in [0.717, 1.165) is 18.7 Å². The Bertz CT molecular complexity index is 515. The van der Waals surface area contributed by atoms with Crippen molar-refractivity contribution in [2.45, 2.75) is 63.2 Å². The first-order chi connectivity index (χ1) is 10.3. The molecular weight excluding hydrogens is 268 g/mol. The quantitative estimate of drug-likeness (QED) is 0.679. The van der Waals surface area contributed by atoms with Crippen molar-refractivity contribution in [2.75, 3.05) is 0 Å². The van der Waals surface area contributed by atoms with Gasteiger partial charge in [0.2, 0.25) is 5.89 Å². The minimum Gasteiger partial charge on any atom is -0.481 e. The second-order valence-corrected chi connectivity index (χ2v) is 6.17. The summed E-state index contributed by atoms with van der Waals surface area (Å²) in [5.41, 5.74) is 0. The van der Waals surface area contributed by atoms with Gasteiger partial charge in [-0.1, -0.05) is 43.0 Å². The van der Waals surface area contributed by atoms with Gasteiger partial charge < -0.3 is 9.63 Å². The van der Waals surface area contributed by atoms with E-state index in [2.05, 4.69) is 10.1 Å². The van der Waals surface area contributed by atoms with E-state index in [-0.39, 0.29) is 5.92 Å². The van der Waals surface area contributed by atoms with Crippen LogP contribution in [0.5, 0.6) is 0 Å². The Morgan fingerprint density at radius 2 is 1.86 bits per heavy atom. The maximum Gasteiger partial charge on any atom is 0.307 e. The largest absolute Gasteiger partial charge is 0.481 e. The number of hydrogen-bond acceptors (Lipinski definition) is 4. The number of aliphatic carboxylic acids is 1. The number of allylic oxidation sites excluding steroid dienone is 2. The zero-order chi connectivity index (χ0) is 14.7. The average molecular weight is 290 g/mol. The fraction of sp³-hybridized carbons (Fsp3) is 0.688. The highest BCUT2D eigenvalue weighted by molar-refractivity contribution is 5.71. The normalized spacial score (nSPS) is 27.4. The third kappa shape index (κ3) is 3.17. The van der Waals surface area contributed by atoms with Gasteiger partial charge >= 0.3 is 5.97 Å². The molecule has 114 valence electrons. The zero-order valence-corrected chi connectivity index (χ0v) is 12.2. The lowest BCUT2D eigenvalue weighted by atomic mass is 9.83. The molecule has 1 fully saturated rings. The molecule has 0 aromatic carbocycles. The fourth-order valence-electron chi connectivity index (χ4n) is 3.46. The lowest BCUT2D eigenvalue weighted by molar-refractivity contribution is -0.142. The molecule has 0 saturated heterocycles. The van der Waals surface area contributed by atoms with Gasteiger partial charge in [0.1, 0.15) is 0 Å². The first-order valence-corrected chi connectivity index (χ1v) is 7.97. The Morgan fingerprint density at radius 3 is 2.57 bits per heavy atom. The predicted octanol–water partition coefficient (Wildman–Crippen LogP) is 3.64. The molecule has 3 rings (SSSR count). The summed E-state index contributed by atoms with van der Waals surface area (Å²) >= 11 is 0. The molecule has 5 heteroatoms. The van der Waals surface area contributed by atoms with Crippen LogP contribution in [0.3, 0.4) is 0 Å². The van der Waals surface area contributed by atoms with E-state index in [4.69, 9.17) is 4.52 Å². The van der Waals surface area contributed by atoms with E-state index in [9.17, 15) is 9.90 Å². The highest BCUT2D eigenvalue weighted by atomic mass is 16.5. The number of carboxylic acid groups (broad SMARTS) is 1. The van der Waals surface area contributed by atoms with Gasteiger partial charge in [-0.25, -0.2) is 0 Å². The van der Waals surface area contributed by atoms with Crippen LogP contribution < -0.4 is 0 Å². The van der Waals surface area contributed by atoms with Crippen molar-refractivity contribution in [1.82, 2.24) is 10.1 Å². The summed E-state index contributed by atoms with van der Waals surface area (Å²) in [4.78, 5) is 15.9. The average Bonchev–Trinajstić information content (AvgIpc) is 2.83. The van der Waals surface area contributed by atoms with Crippen LogP contribution in [0.2, 0.25) is 0 Å². The number of carboxylic acids is 1. The zero-order valence-electron chi connectivity index (χ0n) is 12.2. The molecule has 1 N–H and O–H groups in total. The molecule has 0 bridgehead atoms. The third-order valence-corrected chi connectivity index (χ3v) is 4.74. The highest BCUT2D eigenvalue weighted by Gasteiger charge is 2.34. The molecule has 1 aromatic rings. The van der Waals surface area contributed by atoms with Gasteiger partial charge in [0.05, 0.1) is 11.8 Å². The Kier molecular flexibility index (Phi) is 4.36. The number of carbonyl (C=O) groups is 1. The van der Waals surface area contributed by atoms with Crippen molar-refractivity contribution in [3.05, 3.63) is 23.9 Å². The monoisotopic (exact) mass is 290 g/mol. The van der Waals surface area contributed by atoms with Crippen LogP contribution in [0.1, 0.15) is 74.9 Å². The maximum absolute atomic E-state index is 11.4. The predicted molar refractivity (Wildman–Crippen MR) is 77.0 cm³/mol. The number of aromatic nitrogens is 2. The summed E-state index contributed by atoms with van der Waals surface area (Å²) in [5.74, 6) is 0.263. The Morgan fingerprint density at radius 1 is 1.14 bits per heavy atom. The van der Waals surface area contributed by atoms with Crippen LogP contribution in [-0.4, -0.2) is 21.2 Å². The first-order valence-electron chi connectivity index (χ1n) is 7.97. The molecule has 0 aliphatic heterocycles. The van der Waals surface area contributed by atoms with Gasteiger partial charge in [0, 0.05) is 5.92 Å². The summed E-state index contributed by atoms with van der Waals surface area (Å²) in [6, 6.07) is 0. The maximum atomic E-state index is 11.4. The van der Waals surface area contributed by atoms with Gasteiger partial charge in [0.15, 0.2) is 5.82 Å². The van der Waals surface area contributed by atoms with Crippen LogP contribution in [0, 0.1) is 5.92 Å². The summed E-state index contributed by atoms with van der Waals surface area (Å²) in [7, 11) is 0. The molecule has 5 nitrogen and oxygen atoms in total. The molecule has 0 unspecified atom stereocenters. The molecule has 2 atom stereocenters. The van der Waals surface area contributed by atoms with Gasteiger partial charge in [-0.05, 0) is 25.7 Å². The molecular formula is C16H22N2O3. The van der Waals surface area contributed by atoms with Gasteiger partial charge in [0.25, 0.3) is 0 Å². The van der Waals surface area contributed by atoms with Crippen molar-refractivity contribution in [3.8, 4) is 0 Å². The second-order valence-electron chi connectivity index (χ2n) is 6.17. The molecule has 2 aliphatic rings. The van der Waals surface area contributed by atoms with Crippen molar-refractivity contribution >= 4 is 5.97 Å². The molecule has 2 aliphatic carbocycles. The Labute approximate surface area is 124 Å². The molecule has 0 amide bonds. The number of rotatable bonds is 3. The fourth-order valence-corrected chi connectivity index (χ4v) is 3.46. The van der Waals surface area contributed by atoms with E-state index < -0.39 is 11.9 Å². The van der Waals surface area contributed by atoms with Crippen molar-refractivity contribution < 1.29 is 14.4 Å². The standard InChI is InChI=1S/C16H22N2O3/c19-16(20)13-10-6-5-9-12(13)15-17-14(18-21-15)11-7-3-1-2-4-8-11/h5-6,11-13H,1-4,7-10H2,(H,19,20)/t12-,13+/m1/s1. The first kappa shape index (κ1) is 14.3. The summed E-state index contributed by atoms with van der Waals surface area (Å²) in [6.07, 6.45) is 12.4. The van der Waals surface area contributed by atoms with Gasteiger partial charge in [-0.2, -0.15) is 4.98 Å². The SMILES string of the molecule is O=C(O)[C@H]1CC=CC[C@H]1c1nc(C2CCCCCC2)no1. The van der Waals surface area contributed by atoms with Gasteiger partial charge in [-0.3, -0.25) is 4.79 Å². The van der Waals surface area contributed by atoms with E-state index in [1.807, 2.05) is 12.2 Å². The van der Waals surface area contributed by atoms with E-state index >= 15 is 0 Å². The van der Waals surface area contributed by atoms with E-state index in [0.29, 0.717) is 24.7 Å². The minimum absolute atomic E-state index is 0.181. The smallest absolute Gasteiger partial charge is 0.307 e. The number of hydrogen-bond donors (Lipinski definition) is 1.